The van der Waals surface area contributed by atoms with E-state index in [1.807, 2.05) is 0 Å². The molecule has 0 N–H and O–H groups in total. The van der Waals surface area contributed by atoms with Crippen LogP contribution in [0.25, 0.3) is 0 Å². The lowest BCUT2D eigenvalue weighted by atomic mass is 10.1. The highest BCUT2D eigenvalue weighted by atomic mass is 16.4. The zero-order chi connectivity index (χ0) is 19.8. The van der Waals surface area contributed by atoms with E-state index >= 15 is 0 Å². The molecule has 0 saturated carbocycles. The molecular weight excluding hydrogens is 332 g/mol. The summed E-state index contributed by atoms with van der Waals surface area (Å²) in [5, 5.41) is 10.3. The van der Waals surface area contributed by atoms with E-state index in [0.717, 1.165) is 25.7 Å². The van der Waals surface area contributed by atoms with Crippen LogP contribution in [0.15, 0.2) is 24.3 Å². The van der Waals surface area contributed by atoms with Crippen molar-refractivity contribution in [2.75, 3.05) is 0 Å². The number of carbonyl (C=O) groups is 1. The number of hydrogen-bond acceptors (Lipinski definition) is 1. The van der Waals surface area contributed by atoms with Crippen molar-refractivity contribution in [3.63, 3.8) is 0 Å². The Kier molecular flexibility index (Phi) is 22.1. The molecule has 0 unspecified atom stereocenters. The molecule has 0 bridgehead atoms. The monoisotopic (exact) mass is 377 g/mol. The largest absolute Gasteiger partial charge is 0.355 e. The van der Waals surface area contributed by atoms with Gasteiger partial charge >= 0.3 is 5.97 Å². The van der Waals surface area contributed by atoms with Crippen LogP contribution in [0.3, 0.4) is 0 Å². The SMILES string of the molecule is CCCCCCCCCCCC/C=C/C=C/CCCCCCCCC([O])=O. The Labute approximate surface area is 169 Å². The summed E-state index contributed by atoms with van der Waals surface area (Å²) in [4.78, 5) is 10.3. The Morgan fingerprint density at radius 3 is 1.33 bits per heavy atom. The van der Waals surface area contributed by atoms with E-state index in [1.165, 1.54) is 89.9 Å². The molecule has 0 fully saturated rings. The highest BCUT2D eigenvalue weighted by Crippen LogP contribution is 2.11. The van der Waals surface area contributed by atoms with Gasteiger partial charge in [-0.15, -0.1) is 0 Å². The van der Waals surface area contributed by atoms with Gasteiger partial charge in [0.25, 0.3) is 0 Å². The molecule has 0 aliphatic rings. The summed E-state index contributed by atoms with van der Waals surface area (Å²) in [6.07, 6.45) is 32.2. The van der Waals surface area contributed by atoms with E-state index in [2.05, 4.69) is 31.2 Å². The van der Waals surface area contributed by atoms with Gasteiger partial charge in [-0.2, -0.15) is 0 Å². The van der Waals surface area contributed by atoms with Gasteiger partial charge in [0.1, 0.15) is 0 Å². The number of carbonyl (C=O) groups excluding carboxylic acids is 1. The Bertz CT molecular complexity index is 357. The van der Waals surface area contributed by atoms with Crippen molar-refractivity contribution < 1.29 is 9.90 Å². The van der Waals surface area contributed by atoms with Gasteiger partial charge in [-0.05, 0) is 32.1 Å². The molecule has 157 valence electrons. The molecule has 2 heteroatoms. The van der Waals surface area contributed by atoms with Gasteiger partial charge < -0.3 is 0 Å². The second-order valence-electron chi connectivity index (χ2n) is 7.86. The van der Waals surface area contributed by atoms with Crippen molar-refractivity contribution in [1.29, 1.82) is 0 Å². The molecular formula is C25H45O2. The highest BCUT2D eigenvalue weighted by molar-refractivity contribution is 5.66. The minimum atomic E-state index is -0.915. The summed E-state index contributed by atoms with van der Waals surface area (Å²) in [6.45, 7) is 2.28. The van der Waals surface area contributed by atoms with Gasteiger partial charge in [-0.3, -0.25) is 0 Å². The third-order valence-electron chi connectivity index (χ3n) is 5.11. The first-order valence-corrected chi connectivity index (χ1v) is 11.8. The fourth-order valence-electron chi connectivity index (χ4n) is 3.34. The predicted molar refractivity (Wildman–Crippen MR) is 117 cm³/mol. The van der Waals surface area contributed by atoms with E-state index in [0.29, 0.717) is 0 Å². The molecule has 0 aliphatic carbocycles. The Morgan fingerprint density at radius 2 is 0.926 bits per heavy atom. The van der Waals surface area contributed by atoms with Crippen LogP contribution in [-0.4, -0.2) is 5.97 Å². The predicted octanol–water partition coefficient (Wildman–Crippen LogP) is 8.49. The highest BCUT2D eigenvalue weighted by Gasteiger charge is 1.98. The molecule has 0 atom stereocenters. The topological polar surface area (TPSA) is 37.0 Å². The van der Waals surface area contributed by atoms with Crippen molar-refractivity contribution >= 4 is 5.97 Å². The van der Waals surface area contributed by atoms with E-state index in [1.54, 1.807) is 0 Å². The fourth-order valence-corrected chi connectivity index (χ4v) is 3.34. The molecule has 0 heterocycles. The summed E-state index contributed by atoms with van der Waals surface area (Å²) >= 11 is 0. The van der Waals surface area contributed by atoms with Gasteiger partial charge in [0.2, 0.25) is 0 Å². The lowest BCUT2D eigenvalue weighted by molar-refractivity contribution is -0.143. The molecule has 0 aliphatic heterocycles. The zero-order valence-corrected chi connectivity index (χ0v) is 18.1. The first-order chi connectivity index (χ1) is 13.3. The molecule has 0 aromatic carbocycles. The van der Waals surface area contributed by atoms with E-state index < -0.39 is 5.97 Å². The van der Waals surface area contributed by atoms with Crippen LogP contribution in [0, 0.1) is 0 Å². The minimum Gasteiger partial charge on any atom is -0.247 e. The Hall–Kier alpha value is -1.05. The Balaban J connectivity index is 3.18. The van der Waals surface area contributed by atoms with Crippen LogP contribution in [0.5, 0.6) is 0 Å². The van der Waals surface area contributed by atoms with Crippen LogP contribution in [0.1, 0.15) is 129 Å². The standard InChI is InChI=1S/C25H45O2/c1-2-3-4-5-6-7-8-9-10-11-12-13-14-15-16-17-18-19-20-21-22-23-24-25(26)27/h13-16H,2-12,17-24H2,1H3/b14-13+,16-15+. The van der Waals surface area contributed by atoms with Crippen LogP contribution in [0.2, 0.25) is 0 Å². The van der Waals surface area contributed by atoms with Crippen LogP contribution in [0.4, 0.5) is 0 Å². The third-order valence-corrected chi connectivity index (χ3v) is 5.11. The molecule has 0 spiro atoms. The minimum absolute atomic E-state index is 0.216. The normalized spacial score (nSPS) is 11.7. The summed E-state index contributed by atoms with van der Waals surface area (Å²) in [6, 6.07) is 0. The second kappa shape index (κ2) is 23.0. The molecule has 0 amide bonds. The van der Waals surface area contributed by atoms with Crippen molar-refractivity contribution in [1.82, 2.24) is 0 Å². The van der Waals surface area contributed by atoms with Crippen molar-refractivity contribution in [2.45, 2.75) is 129 Å². The van der Waals surface area contributed by atoms with Crippen molar-refractivity contribution in [3.8, 4) is 0 Å². The van der Waals surface area contributed by atoms with Crippen molar-refractivity contribution in [2.24, 2.45) is 0 Å². The quantitative estimate of drug-likeness (QED) is 0.146. The van der Waals surface area contributed by atoms with Gasteiger partial charge in [0.15, 0.2) is 0 Å². The first-order valence-electron chi connectivity index (χ1n) is 11.8. The molecule has 1 radical (unpaired) electrons. The van der Waals surface area contributed by atoms with E-state index in [-0.39, 0.29) is 6.42 Å². The summed E-state index contributed by atoms with van der Waals surface area (Å²) in [5.41, 5.74) is 0. The summed E-state index contributed by atoms with van der Waals surface area (Å²) in [5.74, 6) is -0.915. The maximum absolute atomic E-state index is 10.3. The maximum Gasteiger partial charge on any atom is 0.355 e. The molecule has 0 aromatic heterocycles. The molecule has 0 rings (SSSR count). The molecule has 2 nitrogen and oxygen atoms in total. The first kappa shape index (κ1) is 26.0. The van der Waals surface area contributed by atoms with Gasteiger partial charge in [0.05, 0.1) is 6.42 Å². The van der Waals surface area contributed by atoms with Gasteiger partial charge in [-0.25, -0.2) is 9.90 Å². The van der Waals surface area contributed by atoms with Crippen LogP contribution >= 0.6 is 0 Å². The van der Waals surface area contributed by atoms with E-state index in [9.17, 15) is 9.90 Å². The average molecular weight is 378 g/mol. The third kappa shape index (κ3) is 24.9. The summed E-state index contributed by atoms with van der Waals surface area (Å²) in [7, 11) is 0. The Morgan fingerprint density at radius 1 is 0.556 bits per heavy atom. The number of allylic oxidation sites excluding steroid dienone is 4. The number of hydrogen-bond donors (Lipinski definition) is 0. The smallest absolute Gasteiger partial charge is 0.247 e. The lowest BCUT2D eigenvalue weighted by Gasteiger charge is -2.01. The number of unbranched alkanes of at least 4 members (excludes halogenated alkanes) is 16. The fraction of sp³-hybridized carbons (Fsp3) is 0.800. The van der Waals surface area contributed by atoms with Gasteiger partial charge in [0, 0.05) is 0 Å². The maximum atomic E-state index is 10.3. The molecule has 0 aromatic rings. The van der Waals surface area contributed by atoms with Crippen molar-refractivity contribution in [3.05, 3.63) is 24.3 Å². The lowest BCUT2D eigenvalue weighted by Crippen LogP contribution is -1.91. The second-order valence-corrected chi connectivity index (χ2v) is 7.86. The van der Waals surface area contributed by atoms with Crippen LogP contribution < -0.4 is 0 Å². The number of rotatable bonds is 21. The zero-order valence-electron chi connectivity index (χ0n) is 18.1. The summed E-state index contributed by atoms with van der Waals surface area (Å²) < 4.78 is 0. The molecule has 27 heavy (non-hydrogen) atoms. The average Bonchev–Trinajstić information content (AvgIpc) is 2.65. The molecule has 0 saturated heterocycles. The van der Waals surface area contributed by atoms with Gasteiger partial charge in [-0.1, -0.05) is 115 Å². The van der Waals surface area contributed by atoms with E-state index in [4.69, 9.17) is 0 Å². The van der Waals surface area contributed by atoms with Crippen LogP contribution in [-0.2, 0) is 9.90 Å².